The van der Waals surface area contributed by atoms with Crippen molar-refractivity contribution >= 4 is 17.8 Å². The van der Waals surface area contributed by atoms with Gasteiger partial charge in [-0.15, -0.1) is 0 Å². The Morgan fingerprint density at radius 1 is 1.26 bits per heavy atom. The summed E-state index contributed by atoms with van der Waals surface area (Å²) < 4.78 is 15.3. The van der Waals surface area contributed by atoms with Crippen molar-refractivity contribution < 1.29 is 23.6 Å². The summed E-state index contributed by atoms with van der Waals surface area (Å²) in [5.41, 5.74) is 5.94. The zero-order valence-electron chi connectivity index (χ0n) is 15.8. The van der Waals surface area contributed by atoms with Gasteiger partial charge in [0.05, 0.1) is 18.9 Å². The van der Waals surface area contributed by atoms with Gasteiger partial charge in [0, 0.05) is 25.2 Å². The Kier molecular flexibility index (Phi) is 6.33. The Balaban J connectivity index is 1.52. The number of nitrogens with two attached hydrogens (primary N) is 1. The van der Waals surface area contributed by atoms with E-state index in [1.54, 1.807) is 6.92 Å². The number of nitrogens with one attached hydrogen (secondary N) is 1. The van der Waals surface area contributed by atoms with Crippen LogP contribution < -0.4 is 11.1 Å². The minimum Gasteiger partial charge on any atom is -0.452 e. The molecule has 9 heteroatoms. The molecule has 1 aromatic heterocycles. The summed E-state index contributed by atoms with van der Waals surface area (Å²) in [6.45, 7) is 5.01. The number of nitrogens with zero attached hydrogens (tertiary/aromatic N) is 2. The molecule has 150 valence electrons. The molecule has 0 spiro atoms. The second-order valence-corrected chi connectivity index (χ2v) is 7.24. The summed E-state index contributed by atoms with van der Waals surface area (Å²) in [6.07, 6.45) is 5.67. The Hall–Kier alpha value is -2.13. The molecule has 2 heterocycles. The van der Waals surface area contributed by atoms with Gasteiger partial charge in [0.1, 0.15) is 5.56 Å². The summed E-state index contributed by atoms with van der Waals surface area (Å²) >= 11 is 0. The average molecular weight is 380 g/mol. The number of rotatable bonds is 6. The zero-order chi connectivity index (χ0) is 19.3. The van der Waals surface area contributed by atoms with Crippen molar-refractivity contribution in [2.24, 2.45) is 0 Å². The van der Waals surface area contributed by atoms with Gasteiger partial charge in [0.2, 0.25) is 5.88 Å². The molecule has 1 amide bonds. The van der Waals surface area contributed by atoms with E-state index in [0.29, 0.717) is 12.2 Å². The van der Waals surface area contributed by atoms with Crippen LogP contribution in [0.1, 0.15) is 48.2 Å². The fourth-order valence-electron chi connectivity index (χ4n) is 4.01. The SMILES string of the molecule is Cc1noc(N)c1C(=O)OCC(=O)NCC1(N2CCOCC2)CCCCC1. The van der Waals surface area contributed by atoms with E-state index < -0.39 is 5.97 Å². The monoisotopic (exact) mass is 380 g/mol. The van der Waals surface area contributed by atoms with E-state index >= 15 is 0 Å². The fourth-order valence-corrected chi connectivity index (χ4v) is 4.01. The molecule has 1 aliphatic carbocycles. The molecule has 2 aliphatic rings. The summed E-state index contributed by atoms with van der Waals surface area (Å²) in [5.74, 6) is -1.14. The largest absolute Gasteiger partial charge is 0.452 e. The number of aryl methyl sites for hydroxylation is 1. The number of carbonyl (C=O) groups excluding carboxylic acids is 2. The van der Waals surface area contributed by atoms with Crippen LogP contribution in [-0.2, 0) is 14.3 Å². The highest BCUT2D eigenvalue weighted by molar-refractivity contribution is 5.96. The van der Waals surface area contributed by atoms with Crippen LogP contribution in [0.4, 0.5) is 5.88 Å². The third-order valence-electron chi connectivity index (χ3n) is 5.51. The molecule has 0 aromatic carbocycles. The van der Waals surface area contributed by atoms with Gasteiger partial charge in [-0.05, 0) is 19.8 Å². The summed E-state index contributed by atoms with van der Waals surface area (Å²) in [4.78, 5) is 26.8. The maximum absolute atomic E-state index is 12.3. The smallest absolute Gasteiger partial charge is 0.346 e. The summed E-state index contributed by atoms with van der Waals surface area (Å²) in [7, 11) is 0. The first-order chi connectivity index (χ1) is 13.0. The second-order valence-electron chi connectivity index (χ2n) is 7.24. The Morgan fingerprint density at radius 3 is 2.59 bits per heavy atom. The minimum absolute atomic E-state index is 0.0306. The number of morpholine rings is 1. The van der Waals surface area contributed by atoms with E-state index in [-0.39, 0.29) is 29.5 Å². The predicted octanol–water partition coefficient (Wildman–Crippen LogP) is 0.873. The van der Waals surface area contributed by atoms with Gasteiger partial charge in [-0.2, -0.15) is 0 Å². The van der Waals surface area contributed by atoms with Crippen LogP contribution in [0.15, 0.2) is 4.52 Å². The van der Waals surface area contributed by atoms with E-state index in [1.807, 2.05) is 0 Å². The fraction of sp³-hybridized carbons (Fsp3) is 0.722. The number of aromatic nitrogens is 1. The number of amides is 1. The van der Waals surface area contributed by atoms with E-state index in [2.05, 4.69) is 15.4 Å². The van der Waals surface area contributed by atoms with Crippen LogP contribution in [0, 0.1) is 6.92 Å². The number of carbonyl (C=O) groups is 2. The molecule has 0 atom stereocenters. The van der Waals surface area contributed by atoms with Crippen LogP contribution in [-0.4, -0.2) is 66.9 Å². The van der Waals surface area contributed by atoms with Gasteiger partial charge in [0.15, 0.2) is 6.61 Å². The normalized spacial score (nSPS) is 20.2. The molecule has 1 aromatic rings. The van der Waals surface area contributed by atoms with Crippen LogP contribution in [0.2, 0.25) is 0 Å². The number of nitrogen functional groups attached to an aromatic ring is 1. The van der Waals surface area contributed by atoms with Crippen molar-refractivity contribution in [3.05, 3.63) is 11.3 Å². The molecule has 27 heavy (non-hydrogen) atoms. The first-order valence-electron chi connectivity index (χ1n) is 9.50. The molecule has 0 radical (unpaired) electrons. The molecule has 1 saturated carbocycles. The Morgan fingerprint density at radius 2 is 1.96 bits per heavy atom. The lowest BCUT2D eigenvalue weighted by molar-refractivity contribution is -0.125. The van der Waals surface area contributed by atoms with E-state index in [4.69, 9.17) is 19.7 Å². The minimum atomic E-state index is -0.707. The molecule has 3 rings (SSSR count). The van der Waals surface area contributed by atoms with E-state index in [0.717, 1.165) is 52.0 Å². The summed E-state index contributed by atoms with van der Waals surface area (Å²) in [6, 6.07) is 0. The molecular weight excluding hydrogens is 352 g/mol. The number of esters is 1. The first-order valence-corrected chi connectivity index (χ1v) is 9.50. The second kappa shape index (κ2) is 8.71. The molecule has 2 fully saturated rings. The van der Waals surface area contributed by atoms with Crippen molar-refractivity contribution in [3.63, 3.8) is 0 Å². The number of hydrogen-bond acceptors (Lipinski definition) is 8. The molecule has 3 N–H and O–H groups in total. The summed E-state index contributed by atoms with van der Waals surface area (Å²) in [5, 5.41) is 6.56. The highest BCUT2D eigenvalue weighted by Crippen LogP contribution is 2.33. The van der Waals surface area contributed by atoms with E-state index in [9.17, 15) is 9.59 Å². The van der Waals surface area contributed by atoms with Crippen molar-refractivity contribution in [1.29, 1.82) is 0 Å². The lowest BCUT2D eigenvalue weighted by Crippen LogP contribution is -2.59. The number of ether oxygens (including phenoxy) is 2. The third-order valence-corrected chi connectivity index (χ3v) is 5.51. The lowest BCUT2D eigenvalue weighted by Gasteiger charge is -2.48. The van der Waals surface area contributed by atoms with Crippen molar-refractivity contribution in [2.45, 2.75) is 44.6 Å². The topological polar surface area (TPSA) is 120 Å². The molecule has 0 bridgehead atoms. The van der Waals surface area contributed by atoms with Gasteiger partial charge < -0.3 is 25.0 Å². The van der Waals surface area contributed by atoms with Crippen molar-refractivity contribution in [3.8, 4) is 0 Å². The van der Waals surface area contributed by atoms with Crippen LogP contribution >= 0.6 is 0 Å². The van der Waals surface area contributed by atoms with Crippen LogP contribution in [0.5, 0.6) is 0 Å². The Labute approximate surface area is 158 Å². The van der Waals surface area contributed by atoms with Gasteiger partial charge in [-0.25, -0.2) is 4.79 Å². The van der Waals surface area contributed by atoms with Gasteiger partial charge in [0.25, 0.3) is 5.91 Å². The molecule has 9 nitrogen and oxygen atoms in total. The maximum Gasteiger partial charge on any atom is 0.346 e. The first kappa shape index (κ1) is 19.6. The average Bonchev–Trinajstić information content (AvgIpc) is 3.04. The third kappa shape index (κ3) is 4.59. The highest BCUT2D eigenvalue weighted by atomic mass is 16.5. The van der Waals surface area contributed by atoms with Gasteiger partial charge >= 0.3 is 5.97 Å². The van der Waals surface area contributed by atoms with E-state index in [1.165, 1.54) is 6.42 Å². The van der Waals surface area contributed by atoms with Crippen LogP contribution in [0.3, 0.4) is 0 Å². The predicted molar refractivity (Wildman–Crippen MR) is 97.2 cm³/mol. The van der Waals surface area contributed by atoms with Gasteiger partial charge in [-0.3, -0.25) is 9.69 Å². The molecule has 0 unspecified atom stereocenters. The maximum atomic E-state index is 12.3. The molecule has 1 saturated heterocycles. The quantitative estimate of drug-likeness (QED) is 0.698. The standard InChI is InChI=1S/C18H28N4O5/c1-13-15(16(19)27-21-13)17(24)26-11-14(23)20-12-18(5-3-2-4-6-18)22-7-9-25-10-8-22/h2-12,19H2,1H3,(H,20,23). The number of hydrogen-bond donors (Lipinski definition) is 2. The van der Waals surface area contributed by atoms with Crippen molar-refractivity contribution in [1.82, 2.24) is 15.4 Å². The molecule has 1 aliphatic heterocycles. The van der Waals surface area contributed by atoms with Gasteiger partial charge in [-0.1, -0.05) is 24.4 Å². The lowest BCUT2D eigenvalue weighted by atomic mass is 9.79. The highest BCUT2D eigenvalue weighted by Gasteiger charge is 2.38. The van der Waals surface area contributed by atoms with Crippen LogP contribution in [0.25, 0.3) is 0 Å². The Bertz CT molecular complexity index is 643. The van der Waals surface area contributed by atoms with Crippen molar-refractivity contribution in [2.75, 3.05) is 45.2 Å². The zero-order valence-corrected chi connectivity index (χ0v) is 15.8. The number of anilines is 1. The molecular formula is C18H28N4O5.